The molecule has 1 amide bonds. The highest BCUT2D eigenvalue weighted by Crippen LogP contribution is 2.33. The lowest BCUT2D eigenvalue weighted by atomic mass is 10.1. The number of rotatable bonds is 7. The van der Waals surface area contributed by atoms with Crippen LogP contribution in [0.25, 0.3) is 0 Å². The Hall–Kier alpha value is -2.87. The second-order valence-corrected chi connectivity index (χ2v) is 8.29. The predicted molar refractivity (Wildman–Crippen MR) is 115 cm³/mol. The highest BCUT2D eigenvalue weighted by Gasteiger charge is 2.29. The maximum Gasteiger partial charge on any atom is 0.286 e. The molecule has 0 radical (unpaired) electrons. The number of carbonyl (C=O) groups is 1. The molecule has 0 saturated carbocycles. The fraction of sp³-hybridized carbons (Fsp3) is 0.333. The summed E-state index contributed by atoms with van der Waals surface area (Å²) in [5.74, 6) is 0.766. The van der Waals surface area contributed by atoms with Crippen molar-refractivity contribution in [2.75, 3.05) is 23.4 Å². The van der Waals surface area contributed by atoms with Crippen LogP contribution >= 0.6 is 0 Å². The van der Waals surface area contributed by atoms with E-state index < -0.39 is 15.9 Å². The first-order valence-electron chi connectivity index (χ1n) is 9.63. The summed E-state index contributed by atoms with van der Waals surface area (Å²) in [7, 11) is -3.84. The lowest BCUT2D eigenvalue weighted by Crippen LogP contribution is -2.34. The van der Waals surface area contributed by atoms with Gasteiger partial charge in [-0.2, -0.15) is 8.42 Å². The van der Waals surface area contributed by atoms with E-state index in [9.17, 15) is 13.2 Å². The topological polar surface area (TPSA) is 88.1 Å². The van der Waals surface area contributed by atoms with E-state index in [0.29, 0.717) is 36.1 Å². The maximum absolute atomic E-state index is 12.7. The van der Waals surface area contributed by atoms with Gasteiger partial charge in [-0.25, -0.2) is 0 Å². The maximum atomic E-state index is 12.7. The summed E-state index contributed by atoms with van der Waals surface area (Å²) in [5, 5.41) is 2.78. The fourth-order valence-electron chi connectivity index (χ4n) is 3.13. The molecule has 0 spiro atoms. The minimum atomic E-state index is -3.84. The van der Waals surface area contributed by atoms with Crippen LogP contribution in [0.2, 0.25) is 0 Å². The van der Waals surface area contributed by atoms with E-state index in [2.05, 4.69) is 16.6 Å². The number of anilines is 2. The van der Waals surface area contributed by atoms with Gasteiger partial charge in [0, 0.05) is 17.8 Å². The zero-order valence-corrected chi connectivity index (χ0v) is 17.6. The molecule has 154 valence electrons. The third-order valence-corrected chi connectivity index (χ3v) is 5.98. The molecular formula is C21H25N3O4S. The highest BCUT2D eigenvalue weighted by atomic mass is 32.2. The summed E-state index contributed by atoms with van der Waals surface area (Å²) in [6.45, 7) is 6.89. The Labute approximate surface area is 171 Å². The quantitative estimate of drug-likeness (QED) is 0.737. The molecule has 2 aromatic rings. The first-order valence-corrected chi connectivity index (χ1v) is 11.1. The smallest absolute Gasteiger partial charge is 0.286 e. The summed E-state index contributed by atoms with van der Waals surface area (Å²) in [6, 6.07) is 11.7. The van der Waals surface area contributed by atoms with Crippen LogP contribution < -0.4 is 15.0 Å². The van der Waals surface area contributed by atoms with E-state index in [0.717, 1.165) is 12.8 Å². The third kappa shape index (κ3) is 4.59. The fourth-order valence-corrected chi connectivity index (χ4v) is 4.40. The number of hydrogen-bond donors (Lipinski definition) is 1. The first-order chi connectivity index (χ1) is 13.9. The molecule has 0 bridgehead atoms. The van der Waals surface area contributed by atoms with Crippen molar-refractivity contribution in [1.29, 1.82) is 0 Å². The van der Waals surface area contributed by atoms with Crippen LogP contribution in [0.15, 0.2) is 51.8 Å². The summed E-state index contributed by atoms with van der Waals surface area (Å²) >= 11 is 0. The van der Waals surface area contributed by atoms with E-state index in [-0.39, 0.29) is 10.5 Å². The number of unbranched alkanes of at least 4 members (excludes halogenated alkanes) is 1. The lowest BCUT2D eigenvalue weighted by Gasteiger charge is -2.29. The van der Waals surface area contributed by atoms with Crippen LogP contribution in [0, 0.1) is 0 Å². The minimum absolute atomic E-state index is 0.0542. The van der Waals surface area contributed by atoms with Gasteiger partial charge in [0.05, 0.1) is 12.3 Å². The number of nitrogens with zero attached hydrogens (tertiary/aromatic N) is 2. The molecule has 1 N–H and O–H groups in total. The number of ether oxygens (including phenoxy) is 1. The van der Waals surface area contributed by atoms with Crippen molar-refractivity contribution >= 4 is 33.1 Å². The van der Waals surface area contributed by atoms with Crippen molar-refractivity contribution in [3.8, 4) is 5.75 Å². The van der Waals surface area contributed by atoms with Crippen LogP contribution in [0.3, 0.4) is 0 Å². The Morgan fingerprint density at radius 2 is 1.86 bits per heavy atom. The number of amides is 1. The van der Waals surface area contributed by atoms with Gasteiger partial charge in [0.25, 0.3) is 15.9 Å². The van der Waals surface area contributed by atoms with Gasteiger partial charge >= 0.3 is 0 Å². The summed E-state index contributed by atoms with van der Waals surface area (Å²) in [4.78, 5) is 14.6. The number of nitrogens with one attached hydrogen (secondary N) is 1. The largest absolute Gasteiger partial charge is 0.494 e. The van der Waals surface area contributed by atoms with Crippen molar-refractivity contribution in [2.45, 2.75) is 38.5 Å². The Kier molecular flexibility index (Phi) is 6.22. The highest BCUT2D eigenvalue weighted by molar-refractivity contribution is 7.90. The zero-order chi connectivity index (χ0) is 21.0. The average Bonchev–Trinajstić information content (AvgIpc) is 2.69. The van der Waals surface area contributed by atoms with Crippen LogP contribution in [0.4, 0.5) is 11.4 Å². The van der Waals surface area contributed by atoms with Crippen molar-refractivity contribution in [3.05, 3.63) is 48.0 Å². The standard InChI is InChI=1S/C21H25N3O4S/c1-4-6-13-24-15(3)23-29(26,27)20-14-16(7-12-19(20)24)21(25)22-17-8-10-18(11-9-17)28-5-2/h7-12,14H,4-6,13H2,1-3H3,(H,22,25). The van der Waals surface area contributed by atoms with Crippen molar-refractivity contribution < 1.29 is 17.9 Å². The number of hydrogen-bond acceptors (Lipinski definition) is 5. The van der Waals surface area contributed by atoms with E-state index in [1.54, 1.807) is 43.3 Å². The van der Waals surface area contributed by atoms with Gasteiger partial charge in [0.1, 0.15) is 16.5 Å². The lowest BCUT2D eigenvalue weighted by molar-refractivity contribution is 0.102. The molecule has 0 unspecified atom stereocenters. The first kappa shape index (κ1) is 20.9. The van der Waals surface area contributed by atoms with Gasteiger partial charge in [-0.1, -0.05) is 13.3 Å². The molecular weight excluding hydrogens is 390 g/mol. The average molecular weight is 416 g/mol. The second kappa shape index (κ2) is 8.65. The van der Waals surface area contributed by atoms with Crippen LogP contribution in [-0.2, 0) is 10.0 Å². The van der Waals surface area contributed by atoms with Gasteiger partial charge < -0.3 is 15.0 Å². The molecule has 1 aliphatic heterocycles. The second-order valence-electron chi connectivity index (χ2n) is 6.71. The van der Waals surface area contributed by atoms with Crippen molar-refractivity contribution in [3.63, 3.8) is 0 Å². The molecule has 8 heteroatoms. The van der Waals surface area contributed by atoms with Gasteiger partial charge in [-0.3, -0.25) is 4.79 Å². The van der Waals surface area contributed by atoms with Gasteiger partial charge in [0.2, 0.25) is 0 Å². The Bertz CT molecular complexity index is 1030. The van der Waals surface area contributed by atoms with E-state index in [4.69, 9.17) is 4.74 Å². The molecule has 0 atom stereocenters. The van der Waals surface area contributed by atoms with E-state index >= 15 is 0 Å². The summed E-state index contributed by atoms with van der Waals surface area (Å²) in [6.07, 6.45) is 1.89. The normalized spacial score (nSPS) is 14.7. The Morgan fingerprint density at radius 3 is 2.52 bits per heavy atom. The predicted octanol–water partition coefficient (Wildman–Crippen LogP) is 4.06. The summed E-state index contributed by atoms with van der Waals surface area (Å²) in [5.41, 5.74) is 1.41. The van der Waals surface area contributed by atoms with Crippen LogP contribution in [0.5, 0.6) is 5.75 Å². The Morgan fingerprint density at radius 1 is 1.14 bits per heavy atom. The van der Waals surface area contributed by atoms with Crippen LogP contribution in [0.1, 0.15) is 44.0 Å². The monoisotopic (exact) mass is 415 g/mol. The Balaban J connectivity index is 1.86. The minimum Gasteiger partial charge on any atom is -0.494 e. The number of amidine groups is 1. The SMILES string of the molecule is CCCCN1C(C)=NS(=O)(=O)c2cc(C(=O)Nc3ccc(OCC)cc3)ccc21. The molecule has 29 heavy (non-hydrogen) atoms. The number of benzene rings is 2. The third-order valence-electron chi connectivity index (χ3n) is 4.59. The number of fused-ring (bicyclic) bond motifs is 1. The van der Waals surface area contributed by atoms with Crippen molar-refractivity contribution in [1.82, 2.24) is 0 Å². The molecule has 1 aliphatic rings. The van der Waals surface area contributed by atoms with E-state index in [1.807, 2.05) is 11.8 Å². The molecule has 0 fully saturated rings. The number of carbonyl (C=O) groups excluding carboxylic acids is 1. The van der Waals surface area contributed by atoms with Gasteiger partial charge in [-0.05, 0) is 62.7 Å². The van der Waals surface area contributed by atoms with Crippen LogP contribution in [-0.4, -0.2) is 33.3 Å². The molecule has 0 saturated heterocycles. The molecule has 2 aromatic carbocycles. The summed E-state index contributed by atoms with van der Waals surface area (Å²) < 4.78 is 34.4. The molecule has 0 aliphatic carbocycles. The number of sulfonamides is 1. The van der Waals surface area contributed by atoms with Crippen molar-refractivity contribution in [2.24, 2.45) is 4.40 Å². The van der Waals surface area contributed by atoms with E-state index in [1.165, 1.54) is 6.07 Å². The van der Waals surface area contributed by atoms with Gasteiger partial charge in [0.15, 0.2) is 0 Å². The molecule has 7 nitrogen and oxygen atoms in total. The van der Waals surface area contributed by atoms with Gasteiger partial charge in [-0.15, -0.1) is 4.40 Å². The zero-order valence-electron chi connectivity index (χ0n) is 16.8. The molecule has 0 aromatic heterocycles. The molecule has 3 rings (SSSR count). The molecule has 1 heterocycles.